The number of nitrogens with zero attached hydrogens (tertiary/aromatic N) is 1. The first kappa shape index (κ1) is 31.3. The van der Waals surface area contributed by atoms with Crippen LogP contribution in [0.4, 0.5) is 17.1 Å². The van der Waals surface area contributed by atoms with E-state index < -0.39 is 0 Å². The average Bonchev–Trinajstić information content (AvgIpc) is 3.25. The Kier molecular flexibility index (Phi) is 7.25. The minimum Gasteiger partial charge on any atom is -0.310 e. The van der Waals surface area contributed by atoms with Crippen molar-refractivity contribution in [3.8, 4) is 22.3 Å². The van der Waals surface area contributed by atoms with E-state index in [0.717, 1.165) is 17.1 Å². The number of benzene rings is 11. The molecule has 0 N–H and O–H groups in total. The number of anilines is 3. The van der Waals surface area contributed by atoms with Gasteiger partial charge in [0.25, 0.3) is 0 Å². The molecule has 256 valence electrons. The molecule has 11 aromatic carbocycles. The van der Waals surface area contributed by atoms with Crippen LogP contribution in [0.1, 0.15) is 0 Å². The van der Waals surface area contributed by atoms with Crippen molar-refractivity contribution in [2.75, 3.05) is 4.90 Å². The van der Waals surface area contributed by atoms with E-state index in [2.05, 4.69) is 217 Å². The highest BCUT2D eigenvalue weighted by Crippen LogP contribution is 2.47. The van der Waals surface area contributed by atoms with Crippen LogP contribution in [0.2, 0.25) is 0 Å². The van der Waals surface area contributed by atoms with E-state index in [1.807, 2.05) is 0 Å². The van der Waals surface area contributed by atoms with Gasteiger partial charge in [-0.05, 0) is 135 Å². The second-order valence-electron chi connectivity index (χ2n) is 14.5. The van der Waals surface area contributed by atoms with Gasteiger partial charge >= 0.3 is 0 Å². The van der Waals surface area contributed by atoms with E-state index in [0.29, 0.717) is 0 Å². The second kappa shape index (κ2) is 12.7. The first-order valence-electron chi connectivity index (χ1n) is 19.0. The maximum Gasteiger partial charge on any atom is 0.0468 e. The van der Waals surface area contributed by atoms with Crippen LogP contribution in [0.5, 0.6) is 0 Å². The molecule has 0 amide bonds. The smallest absolute Gasteiger partial charge is 0.0468 e. The van der Waals surface area contributed by atoms with Crippen molar-refractivity contribution in [1.82, 2.24) is 0 Å². The van der Waals surface area contributed by atoms with Gasteiger partial charge in [0.05, 0.1) is 0 Å². The van der Waals surface area contributed by atoms with Crippen LogP contribution in [0, 0.1) is 0 Å². The van der Waals surface area contributed by atoms with Crippen LogP contribution in [-0.4, -0.2) is 0 Å². The molecule has 0 aliphatic rings. The Morgan fingerprint density at radius 3 is 1.02 bits per heavy atom. The quantitative estimate of drug-likeness (QED) is 0.162. The molecule has 1 nitrogen and oxygen atoms in total. The summed E-state index contributed by atoms with van der Waals surface area (Å²) in [7, 11) is 0. The van der Waals surface area contributed by atoms with Crippen LogP contribution in [-0.2, 0) is 0 Å². The second-order valence-corrected chi connectivity index (χ2v) is 14.5. The van der Waals surface area contributed by atoms with Gasteiger partial charge in [-0.1, -0.05) is 164 Å². The molecule has 11 rings (SSSR count). The maximum absolute atomic E-state index is 2.43. The third-order valence-electron chi connectivity index (χ3n) is 11.3. The summed E-state index contributed by atoms with van der Waals surface area (Å²) in [5.41, 5.74) is 8.30. The first-order valence-corrected chi connectivity index (χ1v) is 19.0. The Balaban J connectivity index is 1.24. The Morgan fingerprint density at radius 2 is 0.545 bits per heavy atom. The zero-order chi connectivity index (χ0) is 36.3. The summed E-state index contributed by atoms with van der Waals surface area (Å²) >= 11 is 0. The molecule has 0 aromatic heterocycles. The van der Waals surface area contributed by atoms with E-state index in [1.165, 1.54) is 86.9 Å². The van der Waals surface area contributed by atoms with E-state index in [1.54, 1.807) is 0 Å². The predicted octanol–water partition coefficient (Wildman–Crippen LogP) is 15.4. The minimum atomic E-state index is 1.11. The molecule has 0 saturated heterocycles. The zero-order valence-electron chi connectivity index (χ0n) is 30.2. The van der Waals surface area contributed by atoms with Crippen LogP contribution in [0.25, 0.3) is 86.9 Å². The summed E-state index contributed by atoms with van der Waals surface area (Å²) in [5, 5.41) is 14.8. The molecule has 0 aliphatic heterocycles. The lowest BCUT2D eigenvalue weighted by molar-refractivity contribution is 1.30. The van der Waals surface area contributed by atoms with Gasteiger partial charge < -0.3 is 4.90 Å². The van der Waals surface area contributed by atoms with E-state index >= 15 is 0 Å². The Morgan fingerprint density at radius 1 is 0.218 bits per heavy atom. The van der Waals surface area contributed by atoms with Gasteiger partial charge in [0, 0.05) is 17.1 Å². The standard InChI is InChI=1S/C54H35N/c1-5-15-40-31-44(23-21-36(40)11-1)53-49-19-9-10-20-50(49)54(45-24-22-37-12-2-6-16-41(37)32-45)52-35-48(29-30-51(52)53)55(46-27-25-38-13-3-7-17-42(38)33-46)47-28-26-39-14-4-8-18-43(39)34-47/h1-35H. The molecule has 1 heteroatoms. The van der Waals surface area contributed by atoms with Gasteiger partial charge in [0.2, 0.25) is 0 Å². The third kappa shape index (κ3) is 5.32. The molecule has 55 heavy (non-hydrogen) atoms. The molecule has 0 unspecified atom stereocenters. The predicted molar refractivity (Wildman–Crippen MR) is 237 cm³/mol. The number of hydrogen-bond donors (Lipinski definition) is 0. The topological polar surface area (TPSA) is 3.24 Å². The highest BCUT2D eigenvalue weighted by molar-refractivity contribution is 6.22. The molecule has 0 atom stereocenters. The fourth-order valence-corrected chi connectivity index (χ4v) is 8.70. The fourth-order valence-electron chi connectivity index (χ4n) is 8.70. The van der Waals surface area contributed by atoms with Gasteiger partial charge in [-0.3, -0.25) is 0 Å². The summed E-state index contributed by atoms with van der Waals surface area (Å²) in [6, 6.07) is 78.1. The SMILES string of the molecule is c1ccc2cc(-c3c4ccccc4c(-c4ccc5ccccc5c4)c4cc(N(c5ccc6ccccc6c5)c5ccc6ccccc6c5)ccc34)ccc2c1. The fraction of sp³-hybridized carbons (Fsp3) is 0. The first-order chi connectivity index (χ1) is 27.2. The normalized spacial score (nSPS) is 11.6. The van der Waals surface area contributed by atoms with Crippen molar-refractivity contribution in [2.24, 2.45) is 0 Å². The lowest BCUT2D eigenvalue weighted by atomic mass is 9.85. The highest BCUT2D eigenvalue weighted by Gasteiger charge is 2.21. The molecule has 0 fully saturated rings. The van der Waals surface area contributed by atoms with Gasteiger partial charge in [-0.25, -0.2) is 0 Å². The van der Waals surface area contributed by atoms with Crippen LogP contribution in [0.3, 0.4) is 0 Å². The molecule has 0 bridgehead atoms. The summed E-state index contributed by atoms with van der Waals surface area (Å²) in [5.74, 6) is 0. The lowest BCUT2D eigenvalue weighted by Gasteiger charge is -2.27. The van der Waals surface area contributed by atoms with Gasteiger partial charge in [0.15, 0.2) is 0 Å². The molecule has 0 aliphatic carbocycles. The van der Waals surface area contributed by atoms with Crippen molar-refractivity contribution in [2.45, 2.75) is 0 Å². The van der Waals surface area contributed by atoms with Crippen molar-refractivity contribution in [1.29, 1.82) is 0 Å². The van der Waals surface area contributed by atoms with Crippen molar-refractivity contribution in [3.05, 3.63) is 212 Å². The lowest BCUT2D eigenvalue weighted by Crippen LogP contribution is -2.10. The van der Waals surface area contributed by atoms with Gasteiger partial charge in [-0.2, -0.15) is 0 Å². The van der Waals surface area contributed by atoms with E-state index in [4.69, 9.17) is 0 Å². The van der Waals surface area contributed by atoms with E-state index in [9.17, 15) is 0 Å². The Labute approximate surface area is 320 Å². The largest absolute Gasteiger partial charge is 0.310 e. The average molecular weight is 698 g/mol. The van der Waals surface area contributed by atoms with Crippen LogP contribution >= 0.6 is 0 Å². The van der Waals surface area contributed by atoms with Crippen LogP contribution in [0.15, 0.2) is 212 Å². The summed E-state index contributed by atoms with van der Waals surface area (Å²) in [6.07, 6.45) is 0. The van der Waals surface area contributed by atoms with Crippen molar-refractivity contribution >= 4 is 81.7 Å². The summed E-state index contributed by atoms with van der Waals surface area (Å²) < 4.78 is 0. The summed E-state index contributed by atoms with van der Waals surface area (Å²) in [6.45, 7) is 0. The number of hydrogen-bond acceptors (Lipinski definition) is 1. The molecule has 0 radical (unpaired) electrons. The monoisotopic (exact) mass is 697 g/mol. The Bertz CT molecular complexity index is 3200. The molecular weight excluding hydrogens is 663 g/mol. The molecular formula is C54H35N. The van der Waals surface area contributed by atoms with E-state index in [-0.39, 0.29) is 0 Å². The van der Waals surface area contributed by atoms with Crippen molar-refractivity contribution < 1.29 is 0 Å². The van der Waals surface area contributed by atoms with Crippen molar-refractivity contribution in [3.63, 3.8) is 0 Å². The maximum atomic E-state index is 2.43. The Hall–Kier alpha value is -7.22. The number of fused-ring (bicyclic) bond motifs is 6. The number of rotatable bonds is 5. The third-order valence-corrected chi connectivity index (χ3v) is 11.3. The zero-order valence-corrected chi connectivity index (χ0v) is 30.2. The molecule has 11 aromatic rings. The van der Waals surface area contributed by atoms with Gasteiger partial charge in [0.1, 0.15) is 0 Å². The highest BCUT2D eigenvalue weighted by atomic mass is 15.1. The van der Waals surface area contributed by atoms with Crippen LogP contribution < -0.4 is 4.90 Å². The summed E-state index contributed by atoms with van der Waals surface area (Å²) in [4.78, 5) is 2.42. The molecule has 0 heterocycles. The molecule has 0 saturated carbocycles. The van der Waals surface area contributed by atoms with Gasteiger partial charge in [-0.15, -0.1) is 0 Å². The molecule has 0 spiro atoms. The minimum absolute atomic E-state index is 1.11.